The van der Waals surface area contributed by atoms with E-state index in [1.165, 1.54) is 0 Å². The molecule has 0 saturated heterocycles. The molecule has 1 atom stereocenters. The number of carbonyl (C=O) groups is 2. The first-order chi connectivity index (χ1) is 13.0. The molecule has 0 spiro atoms. The fraction of sp³-hybridized carbons (Fsp3) is 0.364. The van der Waals surface area contributed by atoms with Crippen molar-refractivity contribution >= 4 is 11.8 Å². The van der Waals surface area contributed by atoms with Crippen LogP contribution >= 0.6 is 0 Å². The maximum Gasteiger partial charge on any atom is 0.242 e. The van der Waals surface area contributed by atoms with Crippen LogP contribution in [0.15, 0.2) is 54.6 Å². The number of hydrogen-bond acceptors (Lipinski definition) is 3. The lowest BCUT2D eigenvalue weighted by molar-refractivity contribution is -0.140. The fourth-order valence-electron chi connectivity index (χ4n) is 2.84. The quantitative estimate of drug-likeness (QED) is 0.740. The average molecular weight is 368 g/mol. The molecule has 2 aromatic carbocycles. The van der Waals surface area contributed by atoms with Crippen molar-refractivity contribution in [3.05, 3.63) is 65.7 Å². The molecule has 0 heterocycles. The molecule has 0 bridgehead atoms. The highest BCUT2D eigenvalue weighted by molar-refractivity contribution is 5.87. The van der Waals surface area contributed by atoms with Crippen LogP contribution in [0.4, 0.5) is 0 Å². The SMILES string of the molecule is CCC(=O)N(Cc1ccccc1)[C@@H](C)C(=O)NCCc1ccc(OC)cc1. The number of rotatable bonds is 9. The topological polar surface area (TPSA) is 58.6 Å². The number of carbonyl (C=O) groups excluding carboxylic acids is 2. The maximum absolute atomic E-state index is 12.6. The Morgan fingerprint density at radius 2 is 1.70 bits per heavy atom. The van der Waals surface area contributed by atoms with Crippen molar-refractivity contribution in [2.45, 2.75) is 39.3 Å². The van der Waals surface area contributed by atoms with Gasteiger partial charge in [-0.05, 0) is 36.6 Å². The number of benzene rings is 2. The number of amides is 2. The molecule has 1 N–H and O–H groups in total. The number of ether oxygens (including phenoxy) is 1. The highest BCUT2D eigenvalue weighted by Gasteiger charge is 2.24. The zero-order valence-electron chi connectivity index (χ0n) is 16.3. The molecule has 0 aromatic heterocycles. The summed E-state index contributed by atoms with van der Waals surface area (Å²) >= 11 is 0. The van der Waals surface area contributed by atoms with E-state index in [1.807, 2.05) is 61.5 Å². The predicted molar refractivity (Wildman–Crippen MR) is 106 cm³/mol. The number of nitrogens with zero attached hydrogens (tertiary/aromatic N) is 1. The van der Waals surface area contributed by atoms with Gasteiger partial charge in [0.1, 0.15) is 11.8 Å². The molecule has 27 heavy (non-hydrogen) atoms. The molecule has 5 heteroatoms. The molecule has 0 unspecified atom stereocenters. The normalized spacial score (nSPS) is 11.5. The Labute approximate surface area is 161 Å². The smallest absolute Gasteiger partial charge is 0.242 e. The van der Waals surface area contributed by atoms with Gasteiger partial charge in [-0.15, -0.1) is 0 Å². The lowest BCUT2D eigenvalue weighted by Gasteiger charge is -2.28. The van der Waals surface area contributed by atoms with Crippen molar-refractivity contribution in [1.29, 1.82) is 0 Å². The average Bonchev–Trinajstić information content (AvgIpc) is 2.72. The summed E-state index contributed by atoms with van der Waals surface area (Å²) in [6, 6.07) is 17.0. The third kappa shape index (κ3) is 6.13. The van der Waals surface area contributed by atoms with Crippen molar-refractivity contribution in [3.8, 4) is 5.75 Å². The Morgan fingerprint density at radius 1 is 1.04 bits per heavy atom. The van der Waals surface area contributed by atoms with Crippen LogP contribution in [0.2, 0.25) is 0 Å². The van der Waals surface area contributed by atoms with Crippen molar-refractivity contribution in [2.75, 3.05) is 13.7 Å². The largest absolute Gasteiger partial charge is 0.497 e. The first-order valence-corrected chi connectivity index (χ1v) is 9.29. The molecule has 0 aliphatic heterocycles. The van der Waals surface area contributed by atoms with E-state index < -0.39 is 6.04 Å². The summed E-state index contributed by atoms with van der Waals surface area (Å²) in [7, 11) is 1.63. The van der Waals surface area contributed by atoms with Gasteiger partial charge in [-0.3, -0.25) is 9.59 Å². The second kappa shape index (κ2) is 10.4. The monoisotopic (exact) mass is 368 g/mol. The van der Waals surface area contributed by atoms with Crippen LogP contribution < -0.4 is 10.1 Å². The molecule has 0 aliphatic carbocycles. The zero-order valence-corrected chi connectivity index (χ0v) is 16.3. The summed E-state index contributed by atoms with van der Waals surface area (Å²) in [5.41, 5.74) is 2.13. The first kappa shape index (κ1) is 20.5. The lowest BCUT2D eigenvalue weighted by Crippen LogP contribution is -2.47. The molecule has 0 aliphatic rings. The summed E-state index contributed by atoms with van der Waals surface area (Å²) < 4.78 is 5.14. The number of hydrogen-bond donors (Lipinski definition) is 1. The molecule has 2 amide bonds. The second-order valence-corrected chi connectivity index (χ2v) is 6.43. The molecule has 144 valence electrons. The molecular formula is C22H28N2O3. The molecule has 0 radical (unpaired) electrons. The van der Waals surface area contributed by atoms with E-state index in [1.54, 1.807) is 18.9 Å². The molecule has 0 saturated carbocycles. The summed E-state index contributed by atoms with van der Waals surface area (Å²) in [6.45, 7) is 4.55. The van der Waals surface area contributed by atoms with Crippen LogP contribution in [0.25, 0.3) is 0 Å². The van der Waals surface area contributed by atoms with Gasteiger partial charge in [-0.2, -0.15) is 0 Å². The molecule has 5 nitrogen and oxygen atoms in total. The zero-order chi connectivity index (χ0) is 19.6. The minimum Gasteiger partial charge on any atom is -0.497 e. The van der Waals surface area contributed by atoms with Gasteiger partial charge in [-0.1, -0.05) is 49.4 Å². The molecule has 0 fully saturated rings. The van der Waals surface area contributed by atoms with Crippen LogP contribution in [-0.2, 0) is 22.6 Å². The number of nitrogens with one attached hydrogen (secondary N) is 1. The van der Waals surface area contributed by atoms with Gasteiger partial charge in [0.25, 0.3) is 0 Å². The van der Waals surface area contributed by atoms with Crippen LogP contribution in [-0.4, -0.2) is 36.4 Å². The van der Waals surface area contributed by atoms with Crippen LogP contribution in [0.3, 0.4) is 0 Å². The van der Waals surface area contributed by atoms with Crippen molar-refractivity contribution in [3.63, 3.8) is 0 Å². The Kier molecular flexibility index (Phi) is 7.86. The van der Waals surface area contributed by atoms with Gasteiger partial charge >= 0.3 is 0 Å². The van der Waals surface area contributed by atoms with Crippen LogP contribution in [0.1, 0.15) is 31.4 Å². The van der Waals surface area contributed by atoms with Gasteiger partial charge in [-0.25, -0.2) is 0 Å². The molecule has 2 rings (SSSR count). The van der Waals surface area contributed by atoms with Crippen LogP contribution in [0.5, 0.6) is 5.75 Å². The van der Waals surface area contributed by atoms with Crippen molar-refractivity contribution < 1.29 is 14.3 Å². The van der Waals surface area contributed by atoms with Gasteiger partial charge in [0, 0.05) is 19.5 Å². The van der Waals surface area contributed by atoms with Crippen molar-refractivity contribution in [2.24, 2.45) is 0 Å². The van der Waals surface area contributed by atoms with E-state index in [0.29, 0.717) is 19.5 Å². The lowest BCUT2D eigenvalue weighted by atomic mass is 10.1. The van der Waals surface area contributed by atoms with Crippen molar-refractivity contribution in [1.82, 2.24) is 10.2 Å². The number of methoxy groups -OCH3 is 1. The summed E-state index contributed by atoms with van der Waals surface area (Å²) in [5, 5.41) is 2.94. The van der Waals surface area contributed by atoms with E-state index in [2.05, 4.69) is 5.32 Å². The predicted octanol–water partition coefficient (Wildman–Crippen LogP) is 3.18. The highest BCUT2D eigenvalue weighted by Crippen LogP contribution is 2.12. The minimum absolute atomic E-state index is 0.0309. The maximum atomic E-state index is 12.6. The van der Waals surface area contributed by atoms with Gasteiger partial charge in [0.2, 0.25) is 11.8 Å². The fourth-order valence-corrected chi connectivity index (χ4v) is 2.84. The Balaban J connectivity index is 1.92. The van der Waals surface area contributed by atoms with E-state index >= 15 is 0 Å². The summed E-state index contributed by atoms with van der Waals surface area (Å²) in [4.78, 5) is 26.5. The Bertz CT molecular complexity index is 729. The van der Waals surface area contributed by atoms with Gasteiger partial charge in [0.15, 0.2) is 0 Å². The second-order valence-electron chi connectivity index (χ2n) is 6.43. The summed E-state index contributed by atoms with van der Waals surface area (Å²) in [6.07, 6.45) is 1.10. The standard InChI is InChI=1S/C22H28N2O3/c1-4-21(25)24(16-19-8-6-5-7-9-19)17(2)22(26)23-15-14-18-10-12-20(27-3)13-11-18/h5-13,17H,4,14-16H2,1-3H3,(H,23,26)/t17-/m0/s1. The van der Waals surface area contributed by atoms with E-state index in [9.17, 15) is 9.59 Å². The van der Waals surface area contributed by atoms with E-state index in [4.69, 9.17) is 4.74 Å². The molecular weight excluding hydrogens is 340 g/mol. The van der Waals surface area contributed by atoms with Crippen LogP contribution in [0, 0.1) is 0 Å². The summed E-state index contributed by atoms with van der Waals surface area (Å²) in [5.74, 6) is 0.643. The highest BCUT2D eigenvalue weighted by atomic mass is 16.5. The Morgan fingerprint density at radius 3 is 2.30 bits per heavy atom. The minimum atomic E-state index is -0.520. The third-order valence-corrected chi connectivity index (χ3v) is 4.54. The molecule has 2 aromatic rings. The van der Waals surface area contributed by atoms with Gasteiger partial charge < -0.3 is 15.0 Å². The van der Waals surface area contributed by atoms with Gasteiger partial charge in [0.05, 0.1) is 7.11 Å². The Hall–Kier alpha value is -2.82. The van der Waals surface area contributed by atoms with E-state index in [0.717, 1.165) is 23.3 Å². The first-order valence-electron chi connectivity index (χ1n) is 9.29. The third-order valence-electron chi connectivity index (χ3n) is 4.54. The van der Waals surface area contributed by atoms with E-state index in [-0.39, 0.29) is 11.8 Å².